The summed E-state index contributed by atoms with van der Waals surface area (Å²) in [6, 6.07) is 0.546. The Labute approximate surface area is 73.8 Å². The molecule has 1 N–H and O–H groups in total. The van der Waals surface area contributed by atoms with Crippen LogP contribution in [-0.2, 0) is 4.65 Å². The molecule has 2 aliphatic rings. The highest BCUT2D eigenvalue weighted by Gasteiger charge is 2.30. The molecule has 0 bridgehead atoms. The van der Waals surface area contributed by atoms with Crippen molar-refractivity contribution >= 4 is 7.05 Å². The summed E-state index contributed by atoms with van der Waals surface area (Å²) in [5.74, 6) is 0. The van der Waals surface area contributed by atoms with Gasteiger partial charge in [0.15, 0.2) is 0 Å². The van der Waals surface area contributed by atoms with Gasteiger partial charge in [0, 0.05) is 12.6 Å². The van der Waals surface area contributed by atoms with E-state index < -0.39 is 0 Å². The minimum atomic E-state index is 0.161. The predicted octanol–water partition coefficient (Wildman–Crippen LogP) is 1.30. The number of hydrogen-bond acceptors (Lipinski definition) is 2. The molecular weight excluding hydrogens is 149 g/mol. The smallest absolute Gasteiger partial charge is 0.415 e. The van der Waals surface area contributed by atoms with Crippen molar-refractivity contribution in [1.29, 1.82) is 0 Å². The average molecular weight is 163 g/mol. The molecule has 1 unspecified atom stereocenters. The lowest BCUT2D eigenvalue weighted by atomic mass is 9.74. The van der Waals surface area contributed by atoms with Gasteiger partial charge in [0.05, 0.1) is 0 Å². The summed E-state index contributed by atoms with van der Waals surface area (Å²) >= 11 is 0. The molecule has 3 heteroatoms. The van der Waals surface area contributed by atoms with E-state index in [1.165, 1.54) is 5.47 Å². The molecule has 1 fully saturated rings. The average Bonchev–Trinajstić information content (AvgIpc) is 2.75. The second kappa shape index (κ2) is 3.46. The standard InChI is InChI=1S/C9H14BNO/c1-2-9-7-12-10(11-9)8-5-3-4-6-8/h3,5-6,9,11H,2,4,7H2,1H3. The van der Waals surface area contributed by atoms with E-state index in [0.29, 0.717) is 6.04 Å². The Morgan fingerprint density at radius 2 is 2.67 bits per heavy atom. The quantitative estimate of drug-likeness (QED) is 0.619. The zero-order chi connectivity index (χ0) is 8.39. The molecule has 64 valence electrons. The van der Waals surface area contributed by atoms with Gasteiger partial charge in [0.2, 0.25) is 0 Å². The largest absolute Gasteiger partial charge is 0.416 e. The summed E-state index contributed by atoms with van der Waals surface area (Å²) < 4.78 is 5.61. The molecule has 1 aliphatic carbocycles. The highest BCUT2D eigenvalue weighted by atomic mass is 16.5. The van der Waals surface area contributed by atoms with Crippen LogP contribution < -0.4 is 5.23 Å². The SMILES string of the molecule is CCC1COB(C2=CCC=C2)N1. The Kier molecular flexibility index (Phi) is 2.33. The first kappa shape index (κ1) is 8.08. The highest BCUT2D eigenvalue weighted by Crippen LogP contribution is 2.16. The number of rotatable bonds is 2. The lowest BCUT2D eigenvalue weighted by Gasteiger charge is -2.05. The number of nitrogens with one attached hydrogen (secondary N) is 1. The van der Waals surface area contributed by atoms with E-state index in [9.17, 15) is 0 Å². The van der Waals surface area contributed by atoms with E-state index in [4.69, 9.17) is 4.65 Å². The molecule has 0 amide bonds. The van der Waals surface area contributed by atoms with E-state index in [2.05, 4.69) is 30.4 Å². The van der Waals surface area contributed by atoms with Crippen LogP contribution in [0.15, 0.2) is 23.7 Å². The summed E-state index contributed by atoms with van der Waals surface area (Å²) in [6.07, 6.45) is 8.74. The van der Waals surface area contributed by atoms with Crippen molar-refractivity contribution in [3.05, 3.63) is 23.7 Å². The Morgan fingerprint density at radius 3 is 3.25 bits per heavy atom. The minimum absolute atomic E-state index is 0.161. The van der Waals surface area contributed by atoms with Gasteiger partial charge < -0.3 is 9.88 Å². The van der Waals surface area contributed by atoms with Crippen molar-refractivity contribution in [2.75, 3.05) is 6.61 Å². The number of allylic oxidation sites excluding steroid dienone is 4. The lowest BCUT2D eigenvalue weighted by molar-refractivity contribution is 0.339. The molecule has 0 aromatic heterocycles. The fourth-order valence-corrected chi connectivity index (χ4v) is 1.62. The third-order valence-corrected chi connectivity index (χ3v) is 2.45. The van der Waals surface area contributed by atoms with E-state index in [1.807, 2.05) is 0 Å². The van der Waals surface area contributed by atoms with Gasteiger partial charge in [-0.3, -0.25) is 0 Å². The lowest BCUT2D eigenvalue weighted by Crippen LogP contribution is -2.35. The van der Waals surface area contributed by atoms with Crippen LogP contribution in [0.5, 0.6) is 0 Å². The third kappa shape index (κ3) is 1.47. The third-order valence-electron chi connectivity index (χ3n) is 2.45. The molecule has 1 heterocycles. The zero-order valence-electron chi connectivity index (χ0n) is 7.42. The second-order valence-electron chi connectivity index (χ2n) is 3.33. The van der Waals surface area contributed by atoms with Crippen molar-refractivity contribution in [2.45, 2.75) is 25.8 Å². The highest BCUT2D eigenvalue weighted by molar-refractivity contribution is 6.59. The minimum Gasteiger partial charge on any atom is -0.416 e. The van der Waals surface area contributed by atoms with E-state index >= 15 is 0 Å². The van der Waals surface area contributed by atoms with Gasteiger partial charge in [-0.05, 0) is 18.3 Å². The van der Waals surface area contributed by atoms with Crippen LogP contribution in [0.3, 0.4) is 0 Å². The number of hydrogen-bond donors (Lipinski definition) is 1. The zero-order valence-corrected chi connectivity index (χ0v) is 7.42. The summed E-state index contributed by atoms with van der Waals surface area (Å²) in [5, 5.41) is 3.44. The van der Waals surface area contributed by atoms with Gasteiger partial charge in [0.1, 0.15) is 0 Å². The fourth-order valence-electron chi connectivity index (χ4n) is 1.62. The van der Waals surface area contributed by atoms with Gasteiger partial charge in [0.25, 0.3) is 0 Å². The molecular formula is C9H14BNO. The van der Waals surface area contributed by atoms with Gasteiger partial charge in [-0.25, -0.2) is 0 Å². The van der Waals surface area contributed by atoms with Crippen molar-refractivity contribution in [2.24, 2.45) is 0 Å². The van der Waals surface area contributed by atoms with Crippen LogP contribution in [0.2, 0.25) is 0 Å². The van der Waals surface area contributed by atoms with E-state index in [-0.39, 0.29) is 7.05 Å². The molecule has 1 atom stereocenters. The molecule has 0 saturated carbocycles. The first-order chi connectivity index (χ1) is 5.90. The van der Waals surface area contributed by atoms with Crippen LogP contribution in [0.1, 0.15) is 19.8 Å². The monoisotopic (exact) mass is 163 g/mol. The summed E-state index contributed by atoms with van der Waals surface area (Å²) in [6.45, 7) is 3.04. The molecule has 1 saturated heterocycles. The fraction of sp³-hybridized carbons (Fsp3) is 0.556. The molecule has 0 aromatic carbocycles. The van der Waals surface area contributed by atoms with Crippen LogP contribution in [0, 0.1) is 0 Å². The molecule has 0 aromatic rings. The van der Waals surface area contributed by atoms with Gasteiger partial charge in [-0.15, -0.1) is 0 Å². The van der Waals surface area contributed by atoms with Crippen LogP contribution in [-0.4, -0.2) is 19.7 Å². The molecule has 0 radical (unpaired) electrons. The molecule has 1 aliphatic heterocycles. The Bertz CT molecular complexity index is 225. The molecule has 0 spiro atoms. The molecule has 2 rings (SSSR count). The first-order valence-corrected chi connectivity index (χ1v) is 4.64. The molecule has 2 nitrogen and oxygen atoms in total. The summed E-state index contributed by atoms with van der Waals surface area (Å²) in [5.41, 5.74) is 1.30. The van der Waals surface area contributed by atoms with E-state index in [0.717, 1.165) is 19.4 Å². The predicted molar refractivity (Wildman–Crippen MR) is 50.8 cm³/mol. The Morgan fingerprint density at radius 1 is 1.75 bits per heavy atom. The first-order valence-electron chi connectivity index (χ1n) is 4.64. The van der Waals surface area contributed by atoms with Gasteiger partial charge in [-0.2, -0.15) is 0 Å². The normalized spacial score (nSPS) is 28.2. The Hall–Kier alpha value is -0.535. The van der Waals surface area contributed by atoms with Gasteiger partial charge >= 0.3 is 7.05 Å². The van der Waals surface area contributed by atoms with Crippen LogP contribution >= 0.6 is 0 Å². The van der Waals surface area contributed by atoms with E-state index in [1.54, 1.807) is 0 Å². The summed E-state index contributed by atoms with van der Waals surface area (Å²) in [7, 11) is 0.161. The second-order valence-corrected chi connectivity index (χ2v) is 3.33. The molecule has 12 heavy (non-hydrogen) atoms. The maximum Gasteiger partial charge on any atom is 0.415 e. The maximum absolute atomic E-state index is 5.61. The summed E-state index contributed by atoms with van der Waals surface area (Å²) in [4.78, 5) is 0. The van der Waals surface area contributed by atoms with Crippen molar-refractivity contribution in [3.63, 3.8) is 0 Å². The van der Waals surface area contributed by atoms with Crippen LogP contribution in [0.25, 0.3) is 0 Å². The van der Waals surface area contributed by atoms with Crippen LogP contribution in [0.4, 0.5) is 0 Å². The van der Waals surface area contributed by atoms with Crippen molar-refractivity contribution in [3.8, 4) is 0 Å². The van der Waals surface area contributed by atoms with Gasteiger partial charge in [-0.1, -0.05) is 25.2 Å². The topological polar surface area (TPSA) is 21.3 Å². The van der Waals surface area contributed by atoms with Crippen molar-refractivity contribution < 1.29 is 4.65 Å². The Balaban J connectivity index is 1.94. The maximum atomic E-state index is 5.61. The van der Waals surface area contributed by atoms with Crippen molar-refractivity contribution in [1.82, 2.24) is 5.23 Å².